The summed E-state index contributed by atoms with van der Waals surface area (Å²) in [6.07, 6.45) is 1.34. The van der Waals surface area contributed by atoms with Crippen LogP contribution >= 0.6 is 0 Å². The Bertz CT molecular complexity index is 920. The number of rotatable bonds is 6. The lowest BCUT2D eigenvalue weighted by Gasteiger charge is -2.33. The topological polar surface area (TPSA) is 90.5 Å². The van der Waals surface area contributed by atoms with Crippen LogP contribution in [0.15, 0.2) is 54.6 Å². The number of anilines is 1. The minimum absolute atomic E-state index is 0.0270. The SMILES string of the molecule is Cc1ccc(C(=O)N[C@H](C(=O)NC2CCN(C(=O)Nc3ccccc3)CC2)C(C)C)cc1. The molecule has 1 aliphatic heterocycles. The first-order valence-corrected chi connectivity index (χ1v) is 11.1. The Labute approximate surface area is 189 Å². The molecule has 1 saturated heterocycles. The molecule has 1 fully saturated rings. The number of hydrogen-bond donors (Lipinski definition) is 3. The number of likely N-dealkylation sites (tertiary alicyclic amines) is 1. The van der Waals surface area contributed by atoms with E-state index in [1.54, 1.807) is 17.0 Å². The Morgan fingerprint density at radius 1 is 0.938 bits per heavy atom. The van der Waals surface area contributed by atoms with Crippen molar-refractivity contribution in [3.05, 3.63) is 65.7 Å². The summed E-state index contributed by atoms with van der Waals surface area (Å²) in [6.45, 7) is 6.91. The van der Waals surface area contributed by atoms with Gasteiger partial charge in [-0.25, -0.2) is 4.79 Å². The lowest BCUT2D eigenvalue weighted by Crippen LogP contribution is -2.54. The number of aryl methyl sites for hydroxylation is 1. The van der Waals surface area contributed by atoms with Gasteiger partial charge in [-0.05, 0) is 49.9 Å². The molecule has 3 N–H and O–H groups in total. The number of carbonyl (C=O) groups is 3. The molecular formula is C25H32N4O3. The first kappa shape index (κ1) is 23.3. The third kappa shape index (κ3) is 6.33. The van der Waals surface area contributed by atoms with E-state index in [1.165, 1.54) is 0 Å². The van der Waals surface area contributed by atoms with E-state index in [9.17, 15) is 14.4 Å². The van der Waals surface area contributed by atoms with E-state index in [1.807, 2.05) is 63.2 Å². The molecule has 7 heteroatoms. The molecule has 0 unspecified atom stereocenters. The number of carbonyl (C=O) groups excluding carboxylic acids is 3. The smallest absolute Gasteiger partial charge is 0.321 e. The van der Waals surface area contributed by atoms with E-state index in [-0.39, 0.29) is 29.8 Å². The summed E-state index contributed by atoms with van der Waals surface area (Å²) in [5.74, 6) is -0.500. The highest BCUT2D eigenvalue weighted by Gasteiger charge is 2.29. The summed E-state index contributed by atoms with van der Waals surface area (Å²) in [5, 5.41) is 8.83. The Kier molecular flexibility index (Phi) is 7.87. The second-order valence-electron chi connectivity index (χ2n) is 8.63. The molecule has 2 aromatic rings. The molecule has 0 spiro atoms. The summed E-state index contributed by atoms with van der Waals surface area (Å²) < 4.78 is 0. The van der Waals surface area contributed by atoms with Gasteiger partial charge in [0.05, 0.1) is 0 Å². The van der Waals surface area contributed by atoms with Crippen LogP contribution in [0.4, 0.5) is 10.5 Å². The largest absolute Gasteiger partial charge is 0.351 e. The van der Waals surface area contributed by atoms with E-state index >= 15 is 0 Å². The minimum Gasteiger partial charge on any atom is -0.351 e. The number of hydrogen-bond acceptors (Lipinski definition) is 3. The highest BCUT2D eigenvalue weighted by Crippen LogP contribution is 2.14. The molecule has 2 aromatic carbocycles. The zero-order valence-corrected chi connectivity index (χ0v) is 18.9. The summed E-state index contributed by atoms with van der Waals surface area (Å²) in [7, 11) is 0. The van der Waals surface area contributed by atoms with E-state index in [0.29, 0.717) is 31.5 Å². The molecule has 0 aromatic heterocycles. The molecule has 3 rings (SSSR count). The maximum atomic E-state index is 12.9. The second kappa shape index (κ2) is 10.8. The molecule has 1 heterocycles. The number of benzene rings is 2. The van der Waals surface area contributed by atoms with Gasteiger partial charge in [0, 0.05) is 30.4 Å². The maximum Gasteiger partial charge on any atom is 0.321 e. The number of urea groups is 1. The quantitative estimate of drug-likeness (QED) is 0.647. The minimum atomic E-state index is -0.622. The molecule has 1 atom stereocenters. The van der Waals surface area contributed by atoms with Gasteiger partial charge < -0.3 is 20.9 Å². The molecule has 170 valence electrons. The van der Waals surface area contributed by atoms with E-state index < -0.39 is 6.04 Å². The van der Waals surface area contributed by atoms with Crippen LogP contribution in [0.5, 0.6) is 0 Å². The second-order valence-corrected chi connectivity index (χ2v) is 8.63. The fourth-order valence-electron chi connectivity index (χ4n) is 3.71. The van der Waals surface area contributed by atoms with E-state index in [2.05, 4.69) is 16.0 Å². The van der Waals surface area contributed by atoms with E-state index in [0.717, 1.165) is 11.3 Å². The van der Waals surface area contributed by atoms with Gasteiger partial charge in [0.25, 0.3) is 5.91 Å². The molecule has 0 saturated carbocycles. The average Bonchev–Trinajstić information content (AvgIpc) is 2.78. The van der Waals surface area contributed by atoms with Gasteiger partial charge in [-0.2, -0.15) is 0 Å². The molecule has 4 amide bonds. The van der Waals surface area contributed by atoms with Gasteiger partial charge >= 0.3 is 6.03 Å². The molecular weight excluding hydrogens is 404 g/mol. The van der Waals surface area contributed by atoms with Crippen molar-refractivity contribution in [2.24, 2.45) is 5.92 Å². The Hall–Kier alpha value is -3.35. The first-order valence-electron chi connectivity index (χ1n) is 11.1. The molecule has 0 radical (unpaired) electrons. The fourth-order valence-corrected chi connectivity index (χ4v) is 3.71. The zero-order valence-electron chi connectivity index (χ0n) is 18.9. The van der Waals surface area contributed by atoms with Crippen LogP contribution in [0.25, 0.3) is 0 Å². The predicted octanol–water partition coefficient (Wildman–Crippen LogP) is 3.56. The van der Waals surface area contributed by atoms with Crippen molar-refractivity contribution in [3.8, 4) is 0 Å². The van der Waals surface area contributed by atoms with Crippen molar-refractivity contribution < 1.29 is 14.4 Å². The lowest BCUT2D eigenvalue weighted by molar-refractivity contribution is -0.124. The standard InChI is InChI=1S/C25H32N4O3/c1-17(2)22(28-23(30)19-11-9-18(3)10-12-19)24(31)26-21-13-15-29(16-14-21)25(32)27-20-7-5-4-6-8-20/h4-12,17,21-22H,13-16H2,1-3H3,(H,26,31)(H,27,32)(H,28,30)/t22-/m0/s1. The van der Waals surface area contributed by atoms with Crippen LogP contribution in [-0.4, -0.2) is 47.9 Å². The van der Waals surface area contributed by atoms with Crippen LogP contribution in [-0.2, 0) is 4.79 Å². The highest BCUT2D eigenvalue weighted by molar-refractivity contribution is 5.97. The fraction of sp³-hybridized carbons (Fsp3) is 0.400. The number of amides is 4. The van der Waals surface area contributed by atoms with Crippen LogP contribution in [0.1, 0.15) is 42.6 Å². The Morgan fingerprint density at radius 2 is 1.56 bits per heavy atom. The van der Waals surface area contributed by atoms with Crippen molar-refractivity contribution in [1.29, 1.82) is 0 Å². The normalized spacial score (nSPS) is 15.2. The predicted molar refractivity (Wildman–Crippen MR) is 125 cm³/mol. The molecule has 7 nitrogen and oxygen atoms in total. The van der Waals surface area contributed by atoms with Crippen molar-refractivity contribution >= 4 is 23.5 Å². The average molecular weight is 437 g/mol. The molecule has 0 bridgehead atoms. The van der Waals surface area contributed by atoms with Gasteiger partial charge in [0.15, 0.2) is 0 Å². The van der Waals surface area contributed by atoms with Gasteiger partial charge in [-0.1, -0.05) is 49.7 Å². The van der Waals surface area contributed by atoms with Gasteiger partial charge in [-0.15, -0.1) is 0 Å². The Morgan fingerprint density at radius 3 is 2.16 bits per heavy atom. The van der Waals surface area contributed by atoms with Crippen LogP contribution in [0.3, 0.4) is 0 Å². The molecule has 1 aliphatic rings. The lowest BCUT2D eigenvalue weighted by atomic mass is 10.00. The van der Waals surface area contributed by atoms with E-state index in [4.69, 9.17) is 0 Å². The van der Waals surface area contributed by atoms with Crippen molar-refractivity contribution in [2.45, 2.75) is 45.7 Å². The molecule has 0 aliphatic carbocycles. The summed E-state index contributed by atoms with van der Waals surface area (Å²) in [6, 6.07) is 15.8. The van der Waals surface area contributed by atoms with Gasteiger partial charge in [0.1, 0.15) is 6.04 Å². The monoisotopic (exact) mass is 436 g/mol. The highest BCUT2D eigenvalue weighted by atomic mass is 16.2. The van der Waals surface area contributed by atoms with Gasteiger partial charge in [-0.3, -0.25) is 9.59 Å². The number of nitrogens with one attached hydrogen (secondary N) is 3. The molecule has 32 heavy (non-hydrogen) atoms. The number of para-hydroxylation sites is 1. The summed E-state index contributed by atoms with van der Waals surface area (Å²) in [5.41, 5.74) is 2.37. The Balaban J connectivity index is 1.50. The first-order chi connectivity index (χ1) is 15.3. The van der Waals surface area contributed by atoms with Crippen molar-refractivity contribution in [2.75, 3.05) is 18.4 Å². The number of nitrogens with zero attached hydrogens (tertiary/aromatic N) is 1. The van der Waals surface area contributed by atoms with Gasteiger partial charge in [0.2, 0.25) is 5.91 Å². The van der Waals surface area contributed by atoms with Crippen molar-refractivity contribution in [1.82, 2.24) is 15.5 Å². The zero-order chi connectivity index (χ0) is 23.1. The third-order valence-electron chi connectivity index (χ3n) is 5.70. The number of piperidine rings is 1. The van der Waals surface area contributed by atoms with Crippen LogP contribution < -0.4 is 16.0 Å². The summed E-state index contributed by atoms with van der Waals surface area (Å²) >= 11 is 0. The van der Waals surface area contributed by atoms with Crippen molar-refractivity contribution in [3.63, 3.8) is 0 Å². The van der Waals surface area contributed by atoms with Crippen LogP contribution in [0, 0.1) is 12.8 Å². The van der Waals surface area contributed by atoms with Crippen LogP contribution in [0.2, 0.25) is 0 Å². The third-order valence-corrected chi connectivity index (χ3v) is 5.70. The maximum absolute atomic E-state index is 12.9. The summed E-state index contributed by atoms with van der Waals surface area (Å²) in [4.78, 5) is 39.7.